The fourth-order valence-electron chi connectivity index (χ4n) is 3.49. The van der Waals surface area contributed by atoms with E-state index in [1.54, 1.807) is 13.0 Å². The van der Waals surface area contributed by atoms with Crippen LogP contribution in [0.2, 0.25) is 0 Å². The van der Waals surface area contributed by atoms with E-state index in [1.807, 2.05) is 0 Å². The molecule has 0 bridgehead atoms. The van der Waals surface area contributed by atoms with E-state index in [2.05, 4.69) is 10.1 Å². The molecule has 0 unspecified atom stereocenters. The van der Waals surface area contributed by atoms with Crippen molar-refractivity contribution < 1.29 is 22.8 Å². The molecule has 27 heavy (non-hydrogen) atoms. The summed E-state index contributed by atoms with van der Waals surface area (Å²) in [5.74, 6) is -0.264. The fraction of sp³-hybridized carbons (Fsp3) is 0.588. The largest absolute Gasteiger partial charge is 0.481 e. The summed E-state index contributed by atoms with van der Waals surface area (Å²) in [7, 11) is -3.76. The minimum Gasteiger partial charge on any atom is -0.481 e. The Bertz CT molecular complexity index is 961. The molecule has 2 fully saturated rings. The predicted molar refractivity (Wildman–Crippen MR) is 98.1 cm³/mol. The van der Waals surface area contributed by atoms with E-state index in [4.69, 9.17) is 4.52 Å². The van der Waals surface area contributed by atoms with Gasteiger partial charge in [-0.15, -0.1) is 11.3 Å². The third-order valence-corrected chi connectivity index (χ3v) is 8.51. The summed E-state index contributed by atoms with van der Waals surface area (Å²) in [5.41, 5.74) is 0. The number of hydrogen-bond donors (Lipinski definition) is 1. The minimum absolute atomic E-state index is 0.0102. The number of aryl methyl sites for hydroxylation is 1. The molecule has 2 aromatic heterocycles. The van der Waals surface area contributed by atoms with Crippen molar-refractivity contribution in [1.82, 2.24) is 14.4 Å². The van der Waals surface area contributed by atoms with Crippen LogP contribution in [0.3, 0.4) is 0 Å². The Labute approximate surface area is 161 Å². The molecule has 146 valence electrons. The van der Waals surface area contributed by atoms with Crippen LogP contribution in [0.1, 0.15) is 48.8 Å². The van der Waals surface area contributed by atoms with E-state index >= 15 is 0 Å². The number of carboxylic acid groups (broad SMARTS) is 1. The second-order valence-electron chi connectivity index (χ2n) is 7.16. The van der Waals surface area contributed by atoms with Crippen molar-refractivity contribution in [2.24, 2.45) is 5.92 Å². The fourth-order valence-corrected chi connectivity index (χ4v) is 6.50. The number of hydrogen-bond acceptors (Lipinski definition) is 7. The van der Waals surface area contributed by atoms with Crippen molar-refractivity contribution >= 4 is 27.3 Å². The number of thiophene rings is 1. The van der Waals surface area contributed by atoms with E-state index in [1.165, 1.54) is 15.6 Å². The monoisotopic (exact) mass is 411 g/mol. The van der Waals surface area contributed by atoms with Gasteiger partial charge in [0.2, 0.25) is 21.7 Å². The number of carbonyl (C=O) groups is 1. The Balaban J connectivity index is 1.60. The first kappa shape index (κ1) is 18.6. The number of sulfonamides is 1. The van der Waals surface area contributed by atoms with Gasteiger partial charge in [-0.1, -0.05) is 11.6 Å². The molecule has 1 saturated carbocycles. The number of rotatable bonds is 5. The molecule has 1 aliphatic carbocycles. The van der Waals surface area contributed by atoms with Gasteiger partial charge in [0.15, 0.2) is 0 Å². The smallest absolute Gasteiger partial charge is 0.307 e. The van der Waals surface area contributed by atoms with E-state index in [0.29, 0.717) is 46.8 Å². The summed E-state index contributed by atoms with van der Waals surface area (Å²) < 4.78 is 32.7. The molecule has 2 aliphatic rings. The quantitative estimate of drug-likeness (QED) is 0.804. The molecule has 4 rings (SSSR count). The maximum Gasteiger partial charge on any atom is 0.307 e. The van der Waals surface area contributed by atoms with Crippen LogP contribution in [-0.4, -0.2) is 47.0 Å². The van der Waals surface area contributed by atoms with Crippen molar-refractivity contribution in [3.63, 3.8) is 0 Å². The van der Waals surface area contributed by atoms with Crippen LogP contribution in [0.5, 0.6) is 0 Å². The summed E-state index contributed by atoms with van der Waals surface area (Å²) in [5, 5.41) is 13.2. The Kier molecular flexibility index (Phi) is 4.81. The molecule has 0 amide bonds. The van der Waals surface area contributed by atoms with Gasteiger partial charge in [0.1, 0.15) is 0 Å². The summed E-state index contributed by atoms with van der Waals surface area (Å²) in [4.78, 5) is 17.2. The van der Waals surface area contributed by atoms with Crippen LogP contribution < -0.4 is 0 Å². The van der Waals surface area contributed by atoms with E-state index in [9.17, 15) is 18.3 Å². The molecule has 8 nitrogen and oxygen atoms in total. The lowest BCUT2D eigenvalue weighted by Crippen LogP contribution is -2.42. The minimum atomic E-state index is -3.76. The highest BCUT2D eigenvalue weighted by atomic mass is 32.2. The second kappa shape index (κ2) is 6.99. The zero-order valence-electron chi connectivity index (χ0n) is 14.9. The van der Waals surface area contributed by atoms with Crippen LogP contribution in [0, 0.1) is 12.8 Å². The average Bonchev–Trinajstić information content (AvgIpc) is 3.20. The number of nitrogens with zero attached hydrogens (tertiary/aromatic N) is 3. The summed E-state index contributed by atoms with van der Waals surface area (Å²) in [6.07, 6.45) is 4.30. The molecule has 2 aromatic rings. The standard InChI is InChI=1S/C17H21N3O5S2/c1-10-14(27(23,24)20-7-3-6-12(9-20)17(21)22)8-13(26-10)15-18-16(25-19-15)11-4-2-5-11/h8,11-12H,2-7,9H2,1H3,(H,21,22)/t12-/m1/s1. The van der Waals surface area contributed by atoms with Crippen LogP contribution in [0.25, 0.3) is 10.7 Å². The van der Waals surface area contributed by atoms with Gasteiger partial charge in [0.25, 0.3) is 0 Å². The number of carboxylic acids is 1. The van der Waals surface area contributed by atoms with Crippen LogP contribution in [0.15, 0.2) is 15.5 Å². The lowest BCUT2D eigenvalue weighted by atomic mass is 9.85. The third-order valence-electron chi connectivity index (χ3n) is 5.34. The number of aromatic nitrogens is 2. The van der Waals surface area contributed by atoms with Gasteiger partial charge >= 0.3 is 5.97 Å². The Morgan fingerprint density at radius 2 is 2.11 bits per heavy atom. The molecular formula is C17H21N3O5S2. The highest BCUT2D eigenvalue weighted by Crippen LogP contribution is 2.38. The van der Waals surface area contributed by atoms with Crippen molar-refractivity contribution in [1.29, 1.82) is 0 Å². The lowest BCUT2D eigenvalue weighted by molar-refractivity contribution is -0.142. The van der Waals surface area contributed by atoms with Gasteiger partial charge < -0.3 is 9.63 Å². The van der Waals surface area contributed by atoms with Gasteiger partial charge in [-0.05, 0) is 38.7 Å². The third kappa shape index (κ3) is 3.41. The first-order valence-corrected chi connectivity index (χ1v) is 11.3. The van der Waals surface area contributed by atoms with Crippen LogP contribution >= 0.6 is 11.3 Å². The summed E-state index contributed by atoms with van der Waals surface area (Å²) in [6, 6.07) is 1.58. The molecule has 1 N–H and O–H groups in total. The van der Waals surface area contributed by atoms with Crippen molar-refractivity contribution in [2.75, 3.05) is 13.1 Å². The Morgan fingerprint density at radius 1 is 1.33 bits per heavy atom. The highest BCUT2D eigenvalue weighted by Gasteiger charge is 2.35. The molecule has 1 aliphatic heterocycles. The van der Waals surface area contributed by atoms with Crippen molar-refractivity contribution in [2.45, 2.75) is 49.8 Å². The topological polar surface area (TPSA) is 114 Å². The number of piperidine rings is 1. The average molecular weight is 412 g/mol. The predicted octanol–water partition coefficient (Wildman–Crippen LogP) is 2.86. The second-order valence-corrected chi connectivity index (χ2v) is 10.3. The SMILES string of the molecule is Cc1sc(-c2noc(C3CCC3)n2)cc1S(=O)(=O)N1CCC[C@@H](C(=O)O)C1. The van der Waals surface area contributed by atoms with Crippen molar-refractivity contribution in [3.8, 4) is 10.7 Å². The maximum absolute atomic E-state index is 13.1. The molecule has 10 heteroatoms. The zero-order valence-corrected chi connectivity index (χ0v) is 16.6. The van der Waals surface area contributed by atoms with E-state index < -0.39 is 21.9 Å². The molecule has 1 atom stereocenters. The molecule has 0 aromatic carbocycles. The molecular weight excluding hydrogens is 390 g/mol. The van der Waals surface area contributed by atoms with Gasteiger partial charge in [0, 0.05) is 23.9 Å². The Morgan fingerprint density at radius 3 is 2.78 bits per heavy atom. The van der Waals surface area contributed by atoms with Gasteiger partial charge in [-0.25, -0.2) is 8.42 Å². The van der Waals surface area contributed by atoms with Crippen LogP contribution in [-0.2, 0) is 14.8 Å². The zero-order chi connectivity index (χ0) is 19.2. The highest BCUT2D eigenvalue weighted by molar-refractivity contribution is 7.89. The lowest BCUT2D eigenvalue weighted by Gasteiger charge is -2.29. The number of aliphatic carboxylic acids is 1. The van der Waals surface area contributed by atoms with Gasteiger partial charge in [0.05, 0.1) is 15.7 Å². The molecule has 0 spiro atoms. The first-order valence-electron chi connectivity index (χ1n) is 9.03. The summed E-state index contributed by atoms with van der Waals surface area (Å²) in [6.45, 7) is 2.09. The van der Waals surface area contributed by atoms with Gasteiger partial charge in [-0.3, -0.25) is 4.79 Å². The first-order chi connectivity index (χ1) is 12.9. The van der Waals surface area contributed by atoms with E-state index in [-0.39, 0.29) is 11.4 Å². The van der Waals surface area contributed by atoms with Crippen molar-refractivity contribution in [3.05, 3.63) is 16.8 Å². The van der Waals surface area contributed by atoms with Gasteiger partial charge in [-0.2, -0.15) is 9.29 Å². The maximum atomic E-state index is 13.1. The Hall–Kier alpha value is -1.78. The molecule has 3 heterocycles. The van der Waals surface area contributed by atoms with Crippen LogP contribution in [0.4, 0.5) is 0 Å². The van der Waals surface area contributed by atoms with E-state index in [0.717, 1.165) is 19.3 Å². The molecule has 1 saturated heterocycles. The molecule has 0 radical (unpaired) electrons. The summed E-state index contributed by atoms with van der Waals surface area (Å²) >= 11 is 1.31. The normalized spacial score (nSPS) is 21.9.